The summed E-state index contributed by atoms with van der Waals surface area (Å²) in [6.07, 6.45) is 1.49. The molecule has 2 N–H and O–H groups in total. The third kappa shape index (κ3) is 2.69. The summed E-state index contributed by atoms with van der Waals surface area (Å²) in [4.78, 5) is 30.0. The molecule has 0 fully saturated rings. The predicted octanol–water partition coefficient (Wildman–Crippen LogP) is 2.78. The highest BCUT2D eigenvalue weighted by Crippen LogP contribution is 2.28. The molecule has 0 saturated heterocycles. The number of nitrogens with one attached hydrogen (secondary N) is 2. The summed E-state index contributed by atoms with van der Waals surface area (Å²) in [5.41, 5.74) is 2.41. The van der Waals surface area contributed by atoms with E-state index in [4.69, 9.17) is 4.42 Å². The number of carbonyl (C=O) groups is 2. The number of furan rings is 1. The van der Waals surface area contributed by atoms with E-state index in [2.05, 4.69) is 15.6 Å². The molecule has 25 heavy (non-hydrogen) atoms. The largest absolute Gasteiger partial charge is 0.461 e. The second-order valence-electron chi connectivity index (χ2n) is 5.96. The molecule has 4 rings (SSSR count). The smallest absolute Gasteiger partial charge is 0.257 e. The van der Waals surface area contributed by atoms with Gasteiger partial charge in [-0.15, -0.1) is 0 Å². The lowest BCUT2D eigenvalue weighted by molar-refractivity contribution is -0.116. The fourth-order valence-electron chi connectivity index (χ4n) is 2.84. The highest BCUT2D eigenvalue weighted by molar-refractivity contribution is 6.08. The van der Waals surface area contributed by atoms with Gasteiger partial charge >= 0.3 is 0 Å². The van der Waals surface area contributed by atoms with Crippen molar-refractivity contribution in [1.82, 2.24) is 4.98 Å². The third-order valence-electron chi connectivity index (χ3n) is 4.17. The summed E-state index contributed by atoms with van der Waals surface area (Å²) < 4.78 is 5.53. The summed E-state index contributed by atoms with van der Waals surface area (Å²) >= 11 is 0. The molecule has 3 aromatic rings. The molecule has 0 aliphatic carbocycles. The Morgan fingerprint density at radius 2 is 2.16 bits per heavy atom. The van der Waals surface area contributed by atoms with Gasteiger partial charge in [-0.1, -0.05) is 0 Å². The van der Waals surface area contributed by atoms with E-state index in [1.54, 1.807) is 19.2 Å². The lowest BCUT2D eigenvalue weighted by atomic mass is 10.2. The zero-order valence-corrected chi connectivity index (χ0v) is 13.8. The normalized spacial score (nSPS) is 13.5. The number of aromatic nitrogens is 1. The zero-order valence-electron chi connectivity index (χ0n) is 13.8. The average Bonchev–Trinajstić information content (AvgIpc) is 2.97. The van der Waals surface area contributed by atoms with E-state index < -0.39 is 0 Å². The van der Waals surface area contributed by atoms with Crippen LogP contribution in [0.3, 0.4) is 0 Å². The average molecular weight is 336 g/mol. The van der Waals surface area contributed by atoms with Crippen molar-refractivity contribution >= 4 is 40.0 Å². The molecule has 0 bridgehead atoms. The molecule has 1 aliphatic heterocycles. The first-order chi connectivity index (χ1) is 12.0. The SMILES string of the molecule is Cc1cc2cc(NC(=O)c3cnc4c(c3)N(C)C(=O)CN4)ccc2o1. The molecule has 2 aromatic heterocycles. The Kier molecular flexibility index (Phi) is 3.42. The number of likely N-dealkylation sites (N-methyl/N-ethyl adjacent to an activating group) is 1. The van der Waals surface area contributed by atoms with E-state index >= 15 is 0 Å². The van der Waals surface area contributed by atoms with Gasteiger partial charge in [-0.2, -0.15) is 0 Å². The van der Waals surface area contributed by atoms with Gasteiger partial charge in [-0.05, 0) is 37.3 Å². The van der Waals surface area contributed by atoms with Crippen molar-refractivity contribution in [2.24, 2.45) is 0 Å². The van der Waals surface area contributed by atoms with Gasteiger partial charge in [0.05, 0.1) is 17.8 Å². The van der Waals surface area contributed by atoms with Gasteiger partial charge in [0.1, 0.15) is 17.2 Å². The second kappa shape index (κ2) is 5.62. The van der Waals surface area contributed by atoms with E-state index in [1.807, 2.05) is 25.1 Å². The minimum Gasteiger partial charge on any atom is -0.461 e. The van der Waals surface area contributed by atoms with E-state index in [0.29, 0.717) is 22.8 Å². The van der Waals surface area contributed by atoms with Crippen molar-refractivity contribution in [1.29, 1.82) is 0 Å². The molecular weight excluding hydrogens is 320 g/mol. The Hall–Kier alpha value is -3.35. The second-order valence-corrected chi connectivity index (χ2v) is 5.96. The van der Waals surface area contributed by atoms with Gasteiger partial charge in [0.2, 0.25) is 5.91 Å². The number of aryl methyl sites for hydroxylation is 1. The first-order valence-electron chi connectivity index (χ1n) is 7.83. The first-order valence-corrected chi connectivity index (χ1v) is 7.83. The maximum absolute atomic E-state index is 12.5. The van der Waals surface area contributed by atoms with E-state index in [9.17, 15) is 9.59 Å². The van der Waals surface area contributed by atoms with Crippen LogP contribution in [-0.2, 0) is 4.79 Å². The van der Waals surface area contributed by atoms with Crippen molar-refractivity contribution in [3.8, 4) is 0 Å². The predicted molar refractivity (Wildman–Crippen MR) is 95.0 cm³/mol. The van der Waals surface area contributed by atoms with Crippen LogP contribution in [0.25, 0.3) is 11.0 Å². The number of anilines is 3. The number of benzene rings is 1. The van der Waals surface area contributed by atoms with Crippen LogP contribution in [0.5, 0.6) is 0 Å². The minimum absolute atomic E-state index is 0.0763. The molecule has 1 aliphatic rings. The zero-order chi connectivity index (χ0) is 17.6. The Labute approximate surface area is 143 Å². The Morgan fingerprint density at radius 1 is 1.32 bits per heavy atom. The fourth-order valence-corrected chi connectivity index (χ4v) is 2.84. The summed E-state index contributed by atoms with van der Waals surface area (Å²) in [7, 11) is 1.67. The van der Waals surface area contributed by atoms with Crippen LogP contribution in [0.15, 0.2) is 40.9 Å². The van der Waals surface area contributed by atoms with Crippen molar-refractivity contribution in [2.45, 2.75) is 6.92 Å². The van der Waals surface area contributed by atoms with Crippen LogP contribution in [0.4, 0.5) is 17.2 Å². The molecule has 126 valence electrons. The molecule has 0 spiro atoms. The molecular formula is C18H16N4O3. The maximum Gasteiger partial charge on any atom is 0.257 e. The van der Waals surface area contributed by atoms with E-state index in [1.165, 1.54) is 11.1 Å². The Balaban J connectivity index is 1.61. The Bertz CT molecular complexity index is 1010. The van der Waals surface area contributed by atoms with Gasteiger partial charge in [0.15, 0.2) is 0 Å². The molecule has 1 aromatic carbocycles. The lowest BCUT2D eigenvalue weighted by Crippen LogP contribution is -2.37. The number of hydrogen-bond donors (Lipinski definition) is 2. The van der Waals surface area contributed by atoms with Crippen LogP contribution >= 0.6 is 0 Å². The summed E-state index contributed by atoms with van der Waals surface area (Å²) in [6, 6.07) is 9.03. The van der Waals surface area contributed by atoms with Crippen molar-refractivity contribution in [3.63, 3.8) is 0 Å². The molecule has 3 heterocycles. The highest BCUT2D eigenvalue weighted by atomic mass is 16.3. The number of hydrogen-bond acceptors (Lipinski definition) is 5. The standard InChI is InChI=1S/C18H16N4O3/c1-10-5-11-6-13(3-4-15(11)25-10)21-18(24)12-7-14-17(19-8-12)20-9-16(23)22(14)2/h3-8H,9H2,1-2H3,(H,19,20)(H,21,24). The van der Waals surface area contributed by atoms with Gasteiger partial charge in [-0.3, -0.25) is 9.59 Å². The van der Waals surface area contributed by atoms with Crippen molar-refractivity contribution in [3.05, 3.63) is 47.9 Å². The van der Waals surface area contributed by atoms with Crippen LogP contribution in [0.1, 0.15) is 16.1 Å². The van der Waals surface area contributed by atoms with E-state index in [0.717, 1.165) is 16.7 Å². The monoisotopic (exact) mass is 336 g/mol. The number of nitrogens with zero attached hydrogens (tertiary/aromatic N) is 2. The fraction of sp³-hybridized carbons (Fsp3) is 0.167. The quantitative estimate of drug-likeness (QED) is 0.751. The van der Waals surface area contributed by atoms with Crippen LogP contribution < -0.4 is 15.5 Å². The summed E-state index contributed by atoms with van der Waals surface area (Å²) in [5.74, 6) is 1.04. The number of fused-ring (bicyclic) bond motifs is 2. The molecule has 2 amide bonds. The number of amides is 2. The third-order valence-corrected chi connectivity index (χ3v) is 4.17. The lowest BCUT2D eigenvalue weighted by Gasteiger charge is -2.26. The topological polar surface area (TPSA) is 87.5 Å². The van der Waals surface area contributed by atoms with E-state index in [-0.39, 0.29) is 18.4 Å². The molecule has 7 heteroatoms. The van der Waals surface area contributed by atoms with Crippen molar-refractivity contribution in [2.75, 3.05) is 29.1 Å². The van der Waals surface area contributed by atoms with Gasteiger partial charge < -0.3 is 20.0 Å². The molecule has 0 radical (unpaired) electrons. The first kappa shape index (κ1) is 15.2. The van der Waals surface area contributed by atoms with Crippen molar-refractivity contribution < 1.29 is 14.0 Å². The van der Waals surface area contributed by atoms with Crippen LogP contribution in [-0.4, -0.2) is 30.4 Å². The molecule has 0 saturated carbocycles. The van der Waals surface area contributed by atoms with Gasteiger partial charge in [0.25, 0.3) is 5.91 Å². The van der Waals surface area contributed by atoms with Gasteiger partial charge in [0, 0.05) is 24.3 Å². The van der Waals surface area contributed by atoms with Crippen LogP contribution in [0, 0.1) is 6.92 Å². The number of pyridine rings is 1. The summed E-state index contributed by atoms with van der Waals surface area (Å²) in [6.45, 7) is 2.08. The summed E-state index contributed by atoms with van der Waals surface area (Å²) in [5, 5.41) is 6.71. The minimum atomic E-state index is -0.290. The molecule has 0 atom stereocenters. The molecule has 7 nitrogen and oxygen atoms in total. The number of carbonyl (C=O) groups excluding carboxylic acids is 2. The van der Waals surface area contributed by atoms with Crippen LogP contribution in [0.2, 0.25) is 0 Å². The van der Waals surface area contributed by atoms with Gasteiger partial charge in [-0.25, -0.2) is 4.98 Å². The maximum atomic E-state index is 12.5. The molecule has 0 unspecified atom stereocenters. The highest BCUT2D eigenvalue weighted by Gasteiger charge is 2.23. The number of rotatable bonds is 2. The Morgan fingerprint density at radius 3 is 3.00 bits per heavy atom.